The summed E-state index contributed by atoms with van der Waals surface area (Å²) in [6.07, 6.45) is 3.62. The van der Waals surface area contributed by atoms with Gasteiger partial charge in [0.05, 0.1) is 12.2 Å². The molecule has 2 aromatic rings. The van der Waals surface area contributed by atoms with E-state index < -0.39 is 0 Å². The molecule has 1 aliphatic rings. The minimum atomic E-state index is 0.444. The topological polar surface area (TPSA) is 63.3 Å². The lowest BCUT2D eigenvalue weighted by Crippen LogP contribution is -2.22. The number of hydrogen-bond acceptors (Lipinski definition) is 3. The molecule has 0 unspecified atom stereocenters. The van der Waals surface area contributed by atoms with Crippen LogP contribution in [-0.4, -0.2) is 10.9 Å². The number of aromatic nitrogens is 1. The quantitative estimate of drug-likeness (QED) is 0.668. The number of rotatable bonds is 4. The predicted octanol–water partition coefficient (Wildman–Crippen LogP) is 3.68. The fourth-order valence-electron chi connectivity index (χ4n) is 2.65. The Labute approximate surface area is 135 Å². The first-order chi connectivity index (χ1) is 10.6. The van der Waals surface area contributed by atoms with Crippen LogP contribution >= 0.6 is 11.3 Å². The zero-order chi connectivity index (χ0) is 15.5. The van der Waals surface area contributed by atoms with Crippen LogP contribution in [0.25, 0.3) is 0 Å². The minimum absolute atomic E-state index is 0.444. The van der Waals surface area contributed by atoms with E-state index in [1.807, 2.05) is 0 Å². The first kappa shape index (κ1) is 15.0. The fourth-order valence-corrected chi connectivity index (χ4v) is 3.53. The Balaban J connectivity index is 1.62. The molecular weight excluding hydrogens is 292 g/mol. The van der Waals surface area contributed by atoms with E-state index in [9.17, 15) is 0 Å². The Morgan fingerprint density at radius 2 is 2.18 bits per heavy atom. The third-order valence-corrected chi connectivity index (χ3v) is 4.77. The van der Waals surface area contributed by atoms with Crippen molar-refractivity contribution in [3.63, 3.8) is 0 Å². The molecule has 0 aliphatic heterocycles. The maximum absolute atomic E-state index is 5.98. The van der Waals surface area contributed by atoms with E-state index in [0.717, 1.165) is 16.4 Å². The molecule has 116 valence electrons. The summed E-state index contributed by atoms with van der Waals surface area (Å²) in [6, 6.07) is 6.45. The molecule has 0 radical (unpaired) electrons. The standard InChI is InChI=1S/C17H22N4S/c1-11(2)15-10-22-16(21-15)9-19-17(18)20-14-7-6-12-4-3-5-13(12)8-14/h6-8,10-11H,3-5,9H2,1-2H3,(H3,18,19,20). The van der Waals surface area contributed by atoms with Crippen molar-refractivity contribution >= 4 is 23.0 Å². The fraction of sp³-hybridized carbons (Fsp3) is 0.412. The van der Waals surface area contributed by atoms with Crippen LogP contribution in [0.5, 0.6) is 0 Å². The highest BCUT2D eigenvalue weighted by molar-refractivity contribution is 7.09. The van der Waals surface area contributed by atoms with Crippen molar-refractivity contribution in [2.45, 2.75) is 45.6 Å². The molecule has 0 amide bonds. The van der Waals surface area contributed by atoms with Crippen molar-refractivity contribution in [1.29, 1.82) is 0 Å². The van der Waals surface area contributed by atoms with Crippen LogP contribution in [0, 0.1) is 0 Å². The van der Waals surface area contributed by atoms with Gasteiger partial charge in [-0.25, -0.2) is 9.98 Å². The van der Waals surface area contributed by atoms with E-state index in [4.69, 9.17) is 5.73 Å². The van der Waals surface area contributed by atoms with Gasteiger partial charge in [0.1, 0.15) is 5.01 Å². The first-order valence-electron chi connectivity index (χ1n) is 7.75. The number of hydrogen-bond donors (Lipinski definition) is 2. The van der Waals surface area contributed by atoms with Crippen LogP contribution in [0.4, 0.5) is 5.69 Å². The van der Waals surface area contributed by atoms with E-state index in [-0.39, 0.29) is 0 Å². The van der Waals surface area contributed by atoms with E-state index in [1.165, 1.54) is 30.4 Å². The summed E-state index contributed by atoms with van der Waals surface area (Å²) in [5.74, 6) is 0.898. The molecule has 0 saturated carbocycles. The van der Waals surface area contributed by atoms with Gasteiger partial charge in [-0.05, 0) is 48.4 Å². The SMILES string of the molecule is CC(C)c1csc(CN=C(N)Nc2ccc3c(c2)CCC3)n1. The minimum Gasteiger partial charge on any atom is -0.370 e. The molecule has 3 N–H and O–H groups in total. The Bertz CT molecular complexity index is 688. The number of anilines is 1. The van der Waals surface area contributed by atoms with Gasteiger partial charge in [0, 0.05) is 11.1 Å². The Kier molecular flexibility index (Phi) is 4.43. The lowest BCUT2D eigenvalue weighted by molar-refractivity contribution is 0.821. The molecule has 5 heteroatoms. The van der Waals surface area contributed by atoms with Crippen molar-refractivity contribution in [3.05, 3.63) is 45.4 Å². The lowest BCUT2D eigenvalue weighted by atomic mass is 10.1. The van der Waals surface area contributed by atoms with Crippen LogP contribution in [0.15, 0.2) is 28.6 Å². The van der Waals surface area contributed by atoms with Crippen molar-refractivity contribution in [3.8, 4) is 0 Å². The van der Waals surface area contributed by atoms with E-state index >= 15 is 0 Å². The third-order valence-electron chi connectivity index (χ3n) is 3.92. The number of nitrogens with one attached hydrogen (secondary N) is 1. The summed E-state index contributed by atoms with van der Waals surface area (Å²) >= 11 is 1.64. The number of aryl methyl sites for hydroxylation is 2. The molecule has 0 spiro atoms. The molecule has 0 saturated heterocycles. The van der Waals surface area contributed by atoms with E-state index in [2.05, 4.69) is 52.7 Å². The van der Waals surface area contributed by atoms with E-state index in [0.29, 0.717) is 18.4 Å². The van der Waals surface area contributed by atoms with E-state index in [1.54, 1.807) is 11.3 Å². The number of nitrogens with zero attached hydrogens (tertiary/aromatic N) is 2. The highest BCUT2D eigenvalue weighted by Crippen LogP contribution is 2.24. The molecule has 0 fully saturated rings. The first-order valence-corrected chi connectivity index (χ1v) is 8.63. The zero-order valence-electron chi connectivity index (χ0n) is 13.1. The molecule has 4 nitrogen and oxygen atoms in total. The van der Waals surface area contributed by atoms with Crippen LogP contribution in [0.2, 0.25) is 0 Å². The number of nitrogens with two attached hydrogens (primary N) is 1. The summed E-state index contributed by atoms with van der Waals surface area (Å²) in [5, 5.41) is 6.28. The van der Waals surface area contributed by atoms with Crippen LogP contribution in [-0.2, 0) is 19.4 Å². The third kappa shape index (κ3) is 3.47. The number of thiazole rings is 1. The second-order valence-corrected chi connectivity index (χ2v) is 6.93. The average molecular weight is 314 g/mol. The van der Waals surface area contributed by atoms with Gasteiger partial charge in [-0.1, -0.05) is 19.9 Å². The van der Waals surface area contributed by atoms with Crippen molar-refractivity contribution in [2.75, 3.05) is 5.32 Å². The summed E-state index contributed by atoms with van der Waals surface area (Å²) in [5.41, 5.74) is 11.0. The van der Waals surface area contributed by atoms with Crippen molar-refractivity contribution < 1.29 is 0 Å². The van der Waals surface area contributed by atoms with Gasteiger partial charge < -0.3 is 11.1 Å². The maximum atomic E-state index is 5.98. The summed E-state index contributed by atoms with van der Waals surface area (Å²) in [4.78, 5) is 8.95. The lowest BCUT2D eigenvalue weighted by Gasteiger charge is -2.07. The monoisotopic (exact) mass is 314 g/mol. The molecule has 1 aromatic heterocycles. The summed E-state index contributed by atoms with van der Waals surface area (Å²) in [7, 11) is 0. The highest BCUT2D eigenvalue weighted by atomic mass is 32.1. The number of guanidine groups is 1. The summed E-state index contributed by atoms with van der Waals surface area (Å²) < 4.78 is 0. The molecule has 1 heterocycles. The molecule has 1 aromatic carbocycles. The van der Waals surface area contributed by atoms with Gasteiger partial charge in [0.2, 0.25) is 0 Å². The van der Waals surface area contributed by atoms with Crippen LogP contribution in [0.3, 0.4) is 0 Å². The highest BCUT2D eigenvalue weighted by Gasteiger charge is 2.11. The summed E-state index contributed by atoms with van der Waals surface area (Å²) in [6.45, 7) is 4.82. The molecule has 22 heavy (non-hydrogen) atoms. The molecule has 1 aliphatic carbocycles. The van der Waals surface area contributed by atoms with Gasteiger partial charge >= 0.3 is 0 Å². The molecule has 0 bridgehead atoms. The Morgan fingerprint density at radius 1 is 1.36 bits per heavy atom. The predicted molar refractivity (Wildman–Crippen MR) is 93.6 cm³/mol. The van der Waals surface area contributed by atoms with Gasteiger partial charge in [0.25, 0.3) is 0 Å². The largest absolute Gasteiger partial charge is 0.370 e. The van der Waals surface area contributed by atoms with Crippen LogP contribution in [0.1, 0.15) is 48.0 Å². The number of benzene rings is 1. The molecule has 0 atom stereocenters. The Hall–Kier alpha value is -1.88. The second kappa shape index (κ2) is 6.48. The van der Waals surface area contributed by atoms with Crippen molar-refractivity contribution in [1.82, 2.24) is 4.98 Å². The normalized spacial score (nSPS) is 14.4. The second-order valence-electron chi connectivity index (χ2n) is 5.98. The van der Waals surface area contributed by atoms with Gasteiger partial charge in [-0.2, -0.15) is 0 Å². The smallest absolute Gasteiger partial charge is 0.193 e. The van der Waals surface area contributed by atoms with Crippen LogP contribution < -0.4 is 11.1 Å². The number of fused-ring (bicyclic) bond motifs is 1. The number of aliphatic imine (C=N–C) groups is 1. The van der Waals surface area contributed by atoms with Gasteiger partial charge in [-0.3, -0.25) is 0 Å². The van der Waals surface area contributed by atoms with Crippen molar-refractivity contribution in [2.24, 2.45) is 10.7 Å². The van der Waals surface area contributed by atoms with Gasteiger partial charge in [0.15, 0.2) is 5.96 Å². The Morgan fingerprint density at radius 3 is 2.95 bits per heavy atom. The zero-order valence-corrected chi connectivity index (χ0v) is 13.9. The molecule has 3 rings (SSSR count). The average Bonchev–Trinajstić information content (AvgIpc) is 3.13. The van der Waals surface area contributed by atoms with Gasteiger partial charge in [-0.15, -0.1) is 11.3 Å². The molecular formula is C17H22N4S. The maximum Gasteiger partial charge on any atom is 0.193 e.